The first kappa shape index (κ1) is 16.5. The molecule has 0 aromatic carbocycles. The molecule has 1 atom stereocenters. The third kappa shape index (κ3) is 4.83. The number of aromatic nitrogens is 3. The molecule has 5 N–H and O–H groups in total. The standard InChI is InChI=1S/C14H20N6O3/c1-2-10(16-11-13(22)17-14(23)20-18-11)12(21)19-15-8-9-6-4-3-5-7-9/h3-4,8,10,15H,2,5-7H2,1H3,(H,16,18)(H,19,21)(H2,17,20,22,23)/b9-8+/t10-/m1/s1. The monoisotopic (exact) mass is 320 g/mol. The number of amides is 1. The molecule has 0 bridgehead atoms. The lowest BCUT2D eigenvalue weighted by Crippen LogP contribution is -2.45. The Kier molecular flexibility index (Phi) is 5.73. The molecule has 0 fully saturated rings. The van der Waals surface area contributed by atoms with Crippen LogP contribution in [0.5, 0.6) is 0 Å². The quantitative estimate of drug-likeness (QED) is 0.367. The van der Waals surface area contributed by atoms with Crippen LogP contribution in [0.2, 0.25) is 0 Å². The van der Waals surface area contributed by atoms with Crippen LogP contribution in [0, 0.1) is 0 Å². The average molecular weight is 320 g/mol. The van der Waals surface area contributed by atoms with Crippen LogP contribution < -0.4 is 27.4 Å². The number of hydrazine groups is 1. The molecule has 1 aromatic rings. The minimum absolute atomic E-state index is 0.109. The minimum atomic E-state index is -0.701. The number of hydrogen-bond acceptors (Lipinski definition) is 6. The lowest BCUT2D eigenvalue weighted by atomic mass is 10.0. The maximum absolute atomic E-state index is 12.1. The van der Waals surface area contributed by atoms with Gasteiger partial charge in [-0.2, -0.15) is 0 Å². The summed E-state index contributed by atoms with van der Waals surface area (Å²) >= 11 is 0. The molecule has 9 heteroatoms. The van der Waals surface area contributed by atoms with Crippen molar-refractivity contribution in [1.82, 2.24) is 26.0 Å². The molecule has 9 nitrogen and oxygen atoms in total. The number of aromatic amines is 2. The van der Waals surface area contributed by atoms with Crippen molar-refractivity contribution in [3.8, 4) is 0 Å². The van der Waals surface area contributed by atoms with E-state index in [1.165, 1.54) is 5.57 Å². The highest BCUT2D eigenvalue weighted by molar-refractivity contribution is 5.83. The number of hydrogen-bond donors (Lipinski definition) is 5. The topological polar surface area (TPSA) is 132 Å². The largest absolute Gasteiger partial charge is 0.352 e. The number of carbonyl (C=O) groups excluding carboxylic acids is 1. The van der Waals surface area contributed by atoms with E-state index in [-0.39, 0.29) is 11.7 Å². The fourth-order valence-electron chi connectivity index (χ4n) is 2.11. The van der Waals surface area contributed by atoms with Crippen molar-refractivity contribution >= 4 is 11.7 Å². The van der Waals surface area contributed by atoms with Gasteiger partial charge in [0.1, 0.15) is 6.04 Å². The van der Waals surface area contributed by atoms with Gasteiger partial charge in [0.05, 0.1) is 0 Å². The Balaban J connectivity index is 1.91. The molecule has 1 aliphatic carbocycles. The molecule has 0 saturated carbocycles. The van der Waals surface area contributed by atoms with E-state index >= 15 is 0 Å². The third-order valence-electron chi connectivity index (χ3n) is 3.40. The highest BCUT2D eigenvalue weighted by Crippen LogP contribution is 2.15. The number of rotatable bonds is 6. The summed E-state index contributed by atoms with van der Waals surface area (Å²) in [4.78, 5) is 36.6. The van der Waals surface area contributed by atoms with Gasteiger partial charge in [-0.1, -0.05) is 19.1 Å². The average Bonchev–Trinajstić information content (AvgIpc) is 2.55. The molecule has 0 saturated heterocycles. The molecule has 0 spiro atoms. The van der Waals surface area contributed by atoms with Crippen molar-refractivity contribution in [3.63, 3.8) is 0 Å². The molecule has 23 heavy (non-hydrogen) atoms. The van der Waals surface area contributed by atoms with Crippen LogP contribution in [0.1, 0.15) is 32.6 Å². The summed E-state index contributed by atoms with van der Waals surface area (Å²) in [5, 5.41) is 8.40. The number of carbonyl (C=O) groups is 1. The van der Waals surface area contributed by atoms with Gasteiger partial charge in [-0.3, -0.25) is 20.0 Å². The van der Waals surface area contributed by atoms with Crippen molar-refractivity contribution in [1.29, 1.82) is 0 Å². The second-order valence-electron chi connectivity index (χ2n) is 5.11. The number of H-pyrrole nitrogens is 2. The molecule has 1 aromatic heterocycles. The zero-order valence-electron chi connectivity index (χ0n) is 12.8. The summed E-state index contributed by atoms with van der Waals surface area (Å²) in [5.74, 6) is -0.439. The minimum Gasteiger partial charge on any atom is -0.352 e. The summed E-state index contributed by atoms with van der Waals surface area (Å²) in [7, 11) is 0. The lowest BCUT2D eigenvalue weighted by Gasteiger charge is -2.17. The zero-order valence-corrected chi connectivity index (χ0v) is 12.8. The van der Waals surface area contributed by atoms with E-state index in [0.717, 1.165) is 19.3 Å². The highest BCUT2D eigenvalue weighted by Gasteiger charge is 2.18. The molecule has 0 radical (unpaired) electrons. The normalized spacial score (nSPS) is 16.8. The Morgan fingerprint density at radius 2 is 2.26 bits per heavy atom. The van der Waals surface area contributed by atoms with Crippen molar-refractivity contribution in [2.45, 2.75) is 38.6 Å². The third-order valence-corrected chi connectivity index (χ3v) is 3.40. The molecule has 0 aliphatic heterocycles. The van der Waals surface area contributed by atoms with Gasteiger partial charge in [0, 0.05) is 6.20 Å². The second-order valence-corrected chi connectivity index (χ2v) is 5.11. The molecular weight excluding hydrogens is 300 g/mol. The summed E-state index contributed by atoms with van der Waals surface area (Å²) in [6.07, 6.45) is 9.26. The van der Waals surface area contributed by atoms with Crippen molar-refractivity contribution < 1.29 is 4.79 Å². The van der Waals surface area contributed by atoms with Gasteiger partial charge in [-0.25, -0.2) is 9.89 Å². The first-order valence-electron chi connectivity index (χ1n) is 7.44. The summed E-state index contributed by atoms with van der Waals surface area (Å²) in [5.41, 5.74) is 5.17. The molecular formula is C14H20N6O3. The maximum Gasteiger partial charge on any atom is 0.342 e. The van der Waals surface area contributed by atoms with Crippen LogP contribution in [-0.4, -0.2) is 27.1 Å². The fourth-order valence-corrected chi connectivity index (χ4v) is 2.11. The number of allylic oxidation sites excluding steroid dienone is 3. The predicted octanol–water partition coefficient (Wildman–Crippen LogP) is -0.106. The number of nitrogens with zero attached hydrogens (tertiary/aromatic N) is 1. The molecule has 1 heterocycles. The van der Waals surface area contributed by atoms with Crippen LogP contribution in [0.3, 0.4) is 0 Å². The summed E-state index contributed by atoms with van der Waals surface area (Å²) in [6.45, 7) is 1.79. The first-order chi connectivity index (χ1) is 11.1. The van der Waals surface area contributed by atoms with Crippen LogP contribution in [0.25, 0.3) is 0 Å². The number of anilines is 1. The Bertz CT molecular complexity index is 718. The zero-order chi connectivity index (χ0) is 16.7. The van der Waals surface area contributed by atoms with Crippen LogP contribution in [0.4, 0.5) is 5.82 Å². The van der Waals surface area contributed by atoms with Gasteiger partial charge in [0.2, 0.25) is 5.82 Å². The molecule has 2 rings (SSSR count). The molecule has 124 valence electrons. The molecule has 1 aliphatic rings. The van der Waals surface area contributed by atoms with Gasteiger partial charge in [-0.05, 0) is 31.3 Å². The predicted molar refractivity (Wildman–Crippen MR) is 85.5 cm³/mol. The first-order valence-corrected chi connectivity index (χ1v) is 7.44. The van der Waals surface area contributed by atoms with E-state index in [9.17, 15) is 14.4 Å². The van der Waals surface area contributed by atoms with E-state index in [4.69, 9.17) is 0 Å². The number of nitrogens with one attached hydrogen (secondary N) is 5. The van der Waals surface area contributed by atoms with E-state index < -0.39 is 17.3 Å². The van der Waals surface area contributed by atoms with Gasteiger partial charge in [-0.15, -0.1) is 5.10 Å². The van der Waals surface area contributed by atoms with Crippen LogP contribution in [0.15, 0.2) is 33.5 Å². The highest BCUT2D eigenvalue weighted by atomic mass is 16.2. The SMILES string of the molecule is CC[C@@H](Nc1n[nH]c(=O)[nH]c1=O)C(=O)NN/C=C1\CC=CCC1. The van der Waals surface area contributed by atoms with Crippen LogP contribution >= 0.6 is 0 Å². The van der Waals surface area contributed by atoms with Gasteiger partial charge in [0.25, 0.3) is 11.5 Å². The van der Waals surface area contributed by atoms with Gasteiger partial charge in [0.15, 0.2) is 0 Å². The summed E-state index contributed by atoms with van der Waals surface area (Å²) < 4.78 is 0. The van der Waals surface area contributed by atoms with Crippen molar-refractivity contribution in [2.75, 3.05) is 5.32 Å². The van der Waals surface area contributed by atoms with E-state index in [0.29, 0.717) is 6.42 Å². The second kappa shape index (κ2) is 7.97. The molecule has 0 unspecified atom stereocenters. The Labute approximate surface area is 132 Å². The van der Waals surface area contributed by atoms with Crippen molar-refractivity contribution in [2.24, 2.45) is 0 Å². The van der Waals surface area contributed by atoms with Gasteiger partial charge < -0.3 is 10.7 Å². The Morgan fingerprint density at radius 3 is 2.91 bits per heavy atom. The lowest BCUT2D eigenvalue weighted by molar-refractivity contribution is -0.122. The summed E-state index contributed by atoms with van der Waals surface area (Å²) in [6, 6.07) is -0.661. The fraction of sp³-hybridized carbons (Fsp3) is 0.429. The van der Waals surface area contributed by atoms with Gasteiger partial charge >= 0.3 is 5.69 Å². The molecule has 1 amide bonds. The smallest absolute Gasteiger partial charge is 0.342 e. The van der Waals surface area contributed by atoms with E-state index in [1.54, 1.807) is 13.1 Å². The van der Waals surface area contributed by atoms with E-state index in [2.05, 4.69) is 38.5 Å². The Morgan fingerprint density at radius 1 is 1.43 bits per heavy atom. The van der Waals surface area contributed by atoms with Crippen LogP contribution in [-0.2, 0) is 4.79 Å². The van der Waals surface area contributed by atoms with E-state index in [1.807, 2.05) is 4.98 Å². The van der Waals surface area contributed by atoms with Crippen molar-refractivity contribution in [3.05, 3.63) is 44.8 Å². The Hall–Kier alpha value is -2.84. The maximum atomic E-state index is 12.1.